The molecule has 3 rings (SSSR count). The van der Waals surface area contributed by atoms with Crippen molar-refractivity contribution in [2.45, 2.75) is 13.0 Å². The Hall–Kier alpha value is -3.74. The molecule has 2 heterocycles. The van der Waals surface area contributed by atoms with E-state index in [1.807, 2.05) is 16.7 Å². The lowest BCUT2D eigenvalue weighted by atomic mass is 10.2. The van der Waals surface area contributed by atoms with Gasteiger partial charge in [-0.25, -0.2) is 4.98 Å². The predicted octanol–water partition coefficient (Wildman–Crippen LogP) is 3.73. The molecule has 0 unspecified atom stereocenters. The van der Waals surface area contributed by atoms with Gasteiger partial charge in [-0.1, -0.05) is 30.4 Å². The van der Waals surface area contributed by atoms with Crippen LogP contribution >= 0.6 is 0 Å². The van der Waals surface area contributed by atoms with E-state index in [9.17, 15) is 4.79 Å². The van der Waals surface area contributed by atoms with Crippen LogP contribution in [0.5, 0.6) is 5.75 Å². The van der Waals surface area contributed by atoms with Gasteiger partial charge in [0.25, 0.3) is 5.91 Å². The third-order valence-electron chi connectivity index (χ3n) is 3.87. The van der Waals surface area contributed by atoms with Crippen molar-refractivity contribution in [2.75, 3.05) is 11.9 Å². The minimum Gasteiger partial charge on any atom is -0.492 e. The third-order valence-corrected chi connectivity index (χ3v) is 3.87. The molecule has 0 aliphatic heterocycles. The van der Waals surface area contributed by atoms with Gasteiger partial charge >= 0.3 is 0 Å². The van der Waals surface area contributed by atoms with E-state index in [4.69, 9.17) is 4.74 Å². The van der Waals surface area contributed by atoms with Gasteiger partial charge in [-0.2, -0.15) is 0 Å². The highest BCUT2D eigenvalue weighted by Crippen LogP contribution is 2.21. The van der Waals surface area contributed by atoms with E-state index in [-0.39, 0.29) is 5.91 Å². The van der Waals surface area contributed by atoms with Crippen molar-refractivity contribution < 1.29 is 9.53 Å². The van der Waals surface area contributed by atoms with E-state index in [1.54, 1.807) is 48.8 Å². The summed E-state index contributed by atoms with van der Waals surface area (Å²) in [6, 6.07) is 12.4. The van der Waals surface area contributed by atoms with Gasteiger partial charge < -0.3 is 14.6 Å². The van der Waals surface area contributed by atoms with Gasteiger partial charge in [0.15, 0.2) is 5.82 Å². The number of amides is 1. The standard InChI is InChI=1S/C21H21N5O2/c1-3-5-14-28-18-11-7-6-9-16(18)21(27)24-19-12-8-10-17(23-19)20-25-22-15-26(20)13-4-2/h3-4,6-12,15H,1-2,5,13-14H2,(H,23,24,27). The second-order valence-corrected chi connectivity index (χ2v) is 5.88. The molecule has 142 valence electrons. The van der Waals surface area contributed by atoms with Crippen molar-refractivity contribution >= 4 is 11.7 Å². The summed E-state index contributed by atoms with van der Waals surface area (Å²) in [5.41, 5.74) is 1.04. The Balaban J connectivity index is 1.79. The Morgan fingerprint density at radius 2 is 2.00 bits per heavy atom. The van der Waals surface area contributed by atoms with Crippen LogP contribution in [0.4, 0.5) is 5.82 Å². The zero-order valence-electron chi connectivity index (χ0n) is 15.4. The Labute approximate surface area is 163 Å². The fourth-order valence-electron chi connectivity index (χ4n) is 2.57. The fraction of sp³-hybridized carbons (Fsp3) is 0.143. The van der Waals surface area contributed by atoms with Crippen LogP contribution in [0.2, 0.25) is 0 Å². The van der Waals surface area contributed by atoms with E-state index in [0.717, 1.165) is 0 Å². The summed E-state index contributed by atoms with van der Waals surface area (Å²) in [4.78, 5) is 17.2. The number of anilines is 1. The monoisotopic (exact) mass is 375 g/mol. The van der Waals surface area contributed by atoms with Crippen LogP contribution in [0, 0.1) is 0 Å². The summed E-state index contributed by atoms with van der Waals surface area (Å²) >= 11 is 0. The summed E-state index contributed by atoms with van der Waals surface area (Å²) in [6.07, 6.45) is 5.83. The SMILES string of the molecule is C=CCCOc1ccccc1C(=O)Nc1cccc(-c2nncn2CC=C)n1. The number of hydrogen-bond acceptors (Lipinski definition) is 5. The predicted molar refractivity (Wildman–Crippen MR) is 108 cm³/mol. The average Bonchev–Trinajstić information content (AvgIpc) is 3.17. The molecule has 7 heteroatoms. The highest BCUT2D eigenvalue weighted by atomic mass is 16.5. The lowest BCUT2D eigenvalue weighted by molar-refractivity contribution is 0.102. The highest BCUT2D eigenvalue weighted by molar-refractivity contribution is 6.05. The number of para-hydroxylation sites is 1. The van der Waals surface area contributed by atoms with E-state index >= 15 is 0 Å². The molecule has 1 N–H and O–H groups in total. The van der Waals surface area contributed by atoms with E-state index in [0.29, 0.717) is 48.2 Å². The number of hydrogen-bond donors (Lipinski definition) is 1. The maximum Gasteiger partial charge on any atom is 0.260 e. The third kappa shape index (κ3) is 4.50. The number of carbonyl (C=O) groups excluding carboxylic acids is 1. The van der Waals surface area contributed by atoms with Crippen LogP contribution in [0.25, 0.3) is 11.5 Å². The van der Waals surface area contributed by atoms with Gasteiger partial charge in [-0.15, -0.1) is 23.4 Å². The molecule has 7 nitrogen and oxygen atoms in total. The quantitative estimate of drug-likeness (QED) is 0.455. The Kier molecular flexibility index (Phi) is 6.30. The molecular weight excluding hydrogens is 354 g/mol. The van der Waals surface area contributed by atoms with Gasteiger partial charge in [0.2, 0.25) is 0 Å². The Bertz CT molecular complexity index is 980. The topological polar surface area (TPSA) is 81.9 Å². The van der Waals surface area contributed by atoms with Gasteiger partial charge in [0.1, 0.15) is 23.6 Å². The van der Waals surface area contributed by atoms with Crippen molar-refractivity contribution in [2.24, 2.45) is 0 Å². The molecule has 0 aliphatic rings. The second kappa shape index (κ2) is 9.27. The van der Waals surface area contributed by atoms with Crippen LogP contribution in [0.3, 0.4) is 0 Å². The van der Waals surface area contributed by atoms with Crippen LogP contribution in [-0.2, 0) is 6.54 Å². The average molecular weight is 375 g/mol. The molecule has 0 saturated heterocycles. The van der Waals surface area contributed by atoms with Crippen LogP contribution in [0.1, 0.15) is 16.8 Å². The number of ether oxygens (including phenoxy) is 1. The summed E-state index contributed by atoms with van der Waals surface area (Å²) < 4.78 is 7.50. The summed E-state index contributed by atoms with van der Waals surface area (Å²) in [6.45, 7) is 8.42. The lowest BCUT2D eigenvalue weighted by Crippen LogP contribution is -2.15. The summed E-state index contributed by atoms with van der Waals surface area (Å²) in [5.74, 6) is 1.23. The van der Waals surface area contributed by atoms with Crippen LogP contribution in [-0.4, -0.2) is 32.3 Å². The number of rotatable bonds is 9. The Morgan fingerprint density at radius 1 is 1.14 bits per heavy atom. The van der Waals surface area contributed by atoms with Crippen LogP contribution in [0.15, 0.2) is 74.1 Å². The number of pyridine rings is 1. The smallest absolute Gasteiger partial charge is 0.260 e. The molecule has 0 fully saturated rings. The molecule has 0 atom stereocenters. The molecular formula is C21H21N5O2. The molecule has 2 aromatic heterocycles. The van der Waals surface area contributed by atoms with Gasteiger partial charge in [0.05, 0.1) is 12.2 Å². The molecule has 0 spiro atoms. The molecule has 3 aromatic rings. The largest absolute Gasteiger partial charge is 0.492 e. The lowest BCUT2D eigenvalue weighted by Gasteiger charge is -2.11. The first-order valence-electron chi connectivity index (χ1n) is 8.83. The van der Waals surface area contributed by atoms with E-state index in [2.05, 4.69) is 33.7 Å². The van der Waals surface area contributed by atoms with Crippen molar-refractivity contribution in [3.05, 3.63) is 79.7 Å². The molecule has 1 amide bonds. The van der Waals surface area contributed by atoms with E-state index < -0.39 is 0 Å². The van der Waals surface area contributed by atoms with Crippen molar-refractivity contribution in [3.63, 3.8) is 0 Å². The first-order chi connectivity index (χ1) is 13.7. The van der Waals surface area contributed by atoms with Gasteiger partial charge in [-0.3, -0.25) is 4.79 Å². The van der Waals surface area contributed by atoms with Crippen LogP contribution < -0.4 is 10.1 Å². The van der Waals surface area contributed by atoms with Crippen molar-refractivity contribution in [1.82, 2.24) is 19.7 Å². The molecule has 0 aliphatic carbocycles. The minimum absolute atomic E-state index is 0.300. The van der Waals surface area contributed by atoms with Crippen molar-refractivity contribution in [1.29, 1.82) is 0 Å². The maximum absolute atomic E-state index is 12.7. The zero-order valence-corrected chi connectivity index (χ0v) is 15.4. The molecule has 28 heavy (non-hydrogen) atoms. The molecule has 0 radical (unpaired) electrons. The first kappa shape index (κ1) is 19.0. The molecule has 1 aromatic carbocycles. The van der Waals surface area contributed by atoms with Crippen molar-refractivity contribution in [3.8, 4) is 17.3 Å². The number of aromatic nitrogens is 4. The maximum atomic E-state index is 12.7. The number of carbonyl (C=O) groups is 1. The molecule has 0 bridgehead atoms. The van der Waals surface area contributed by atoms with Gasteiger partial charge in [0, 0.05) is 6.54 Å². The first-order valence-corrected chi connectivity index (χ1v) is 8.83. The number of allylic oxidation sites excluding steroid dienone is 1. The molecule has 0 saturated carbocycles. The number of benzene rings is 1. The fourth-order valence-corrected chi connectivity index (χ4v) is 2.57. The normalized spacial score (nSPS) is 10.3. The number of nitrogens with one attached hydrogen (secondary N) is 1. The Morgan fingerprint density at radius 3 is 2.82 bits per heavy atom. The van der Waals surface area contributed by atoms with Gasteiger partial charge in [-0.05, 0) is 30.7 Å². The minimum atomic E-state index is -0.300. The summed E-state index contributed by atoms with van der Waals surface area (Å²) in [7, 11) is 0. The zero-order chi connectivity index (χ0) is 19.8. The number of nitrogens with zero attached hydrogens (tertiary/aromatic N) is 4. The summed E-state index contributed by atoms with van der Waals surface area (Å²) in [5, 5.41) is 10.8. The second-order valence-electron chi connectivity index (χ2n) is 5.88. The highest BCUT2D eigenvalue weighted by Gasteiger charge is 2.14. The van der Waals surface area contributed by atoms with E-state index in [1.165, 1.54) is 0 Å².